The van der Waals surface area contributed by atoms with Crippen LogP contribution in [0, 0.1) is 5.82 Å². The number of carbonyl (C=O) groups is 1. The minimum absolute atomic E-state index is 0.00878. The van der Waals surface area contributed by atoms with Crippen LogP contribution in [0.4, 0.5) is 10.1 Å². The van der Waals surface area contributed by atoms with Gasteiger partial charge in [-0.2, -0.15) is 0 Å². The van der Waals surface area contributed by atoms with Gasteiger partial charge in [0.2, 0.25) is 5.91 Å². The number of halogens is 1. The number of likely N-dealkylation sites (N-methyl/N-ethyl adjacent to an activating group) is 1. The number of amides is 1. The van der Waals surface area contributed by atoms with E-state index in [1.807, 2.05) is 13.1 Å². The Morgan fingerprint density at radius 2 is 2.24 bits per heavy atom. The van der Waals surface area contributed by atoms with Crippen molar-refractivity contribution in [2.24, 2.45) is 0 Å². The average molecular weight is 292 g/mol. The fourth-order valence-electron chi connectivity index (χ4n) is 3.23. The standard InChI is InChI=1S/C16H21FN2O2/c1-18-16(14-4-2-3-7-21-14)11-8-10-5-6-15(20)19-13(10)9-12(11)17/h8-9,14,16,18H,2-7H2,1H3,(H,19,20). The van der Waals surface area contributed by atoms with Gasteiger partial charge in [0.1, 0.15) is 5.82 Å². The first-order valence-electron chi connectivity index (χ1n) is 7.60. The molecule has 2 aliphatic rings. The van der Waals surface area contributed by atoms with Gasteiger partial charge >= 0.3 is 0 Å². The quantitative estimate of drug-likeness (QED) is 0.900. The Morgan fingerprint density at radius 1 is 1.38 bits per heavy atom. The molecule has 2 atom stereocenters. The molecule has 2 aliphatic heterocycles. The van der Waals surface area contributed by atoms with Crippen LogP contribution < -0.4 is 10.6 Å². The zero-order valence-electron chi connectivity index (χ0n) is 12.2. The molecule has 2 N–H and O–H groups in total. The molecule has 4 nitrogen and oxygen atoms in total. The molecule has 0 radical (unpaired) electrons. The molecule has 114 valence electrons. The molecule has 0 aliphatic carbocycles. The maximum atomic E-state index is 14.4. The van der Waals surface area contributed by atoms with Crippen molar-refractivity contribution in [3.63, 3.8) is 0 Å². The smallest absolute Gasteiger partial charge is 0.224 e. The van der Waals surface area contributed by atoms with E-state index in [9.17, 15) is 9.18 Å². The Bertz CT molecular complexity index is 541. The first-order chi connectivity index (χ1) is 10.2. The van der Waals surface area contributed by atoms with Gasteiger partial charge in [-0.05, 0) is 50.4 Å². The summed E-state index contributed by atoms with van der Waals surface area (Å²) >= 11 is 0. The number of nitrogens with one attached hydrogen (secondary N) is 2. The Kier molecular flexibility index (Phi) is 4.22. The summed E-state index contributed by atoms with van der Waals surface area (Å²) in [6, 6.07) is 3.17. The molecule has 2 unspecified atom stereocenters. The maximum Gasteiger partial charge on any atom is 0.224 e. The number of fused-ring (bicyclic) bond motifs is 1. The van der Waals surface area contributed by atoms with Gasteiger partial charge in [-0.3, -0.25) is 4.79 Å². The van der Waals surface area contributed by atoms with Crippen LogP contribution >= 0.6 is 0 Å². The second kappa shape index (κ2) is 6.12. The Labute approximate surface area is 124 Å². The fourth-order valence-corrected chi connectivity index (χ4v) is 3.23. The maximum absolute atomic E-state index is 14.4. The van der Waals surface area contributed by atoms with E-state index in [1.165, 1.54) is 6.07 Å². The lowest BCUT2D eigenvalue weighted by Crippen LogP contribution is -2.35. The molecule has 1 fully saturated rings. The molecule has 3 rings (SSSR count). The van der Waals surface area contributed by atoms with Crippen molar-refractivity contribution in [2.45, 2.75) is 44.2 Å². The molecule has 1 amide bonds. The lowest BCUT2D eigenvalue weighted by atomic mass is 9.91. The third-order valence-electron chi connectivity index (χ3n) is 4.35. The van der Waals surface area contributed by atoms with Gasteiger partial charge in [-0.15, -0.1) is 0 Å². The number of rotatable bonds is 3. The molecular formula is C16H21FN2O2. The number of hydrogen-bond donors (Lipinski definition) is 2. The van der Waals surface area contributed by atoms with Gasteiger partial charge in [-0.25, -0.2) is 4.39 Å². The highest BCUT2D eigenvalue weighted by molar-refractivity contribution is 5.93. The van der Waals surface area contributed by atoms with Crippen LogP contribution in [-0.4, -0.2) is 25.7 Å². The highest BCUT2D eigenvalue weighted by Gasteiger charge is 2.28. The highest BCUT2D eigenvalue weighted by Crippen LogP contribution is 2.32. The molecule has 0 saturated carbocycles. The van der Waals surface area contributed by atoms with Gasteiger partial charge in [0.15, 0.2) is 0 Å². The van der Waals surface area contributed by atoms with Crippen LogP contribution in [0.25, 0.3) is 0 Å². The molecular weight excluding hydrogens is 271 g/mol. The van der Waals surface area contributed by atoms with Crippen molar-refractivity contribution in [2.75, 3.05) is 19.0 Å². The number of anilines is 1. The average Bonchev–Trinajstić information content (AvgIpc) is 2.50. The summed E-state index contributed by atoms with van der Waals surface area (Å²) in [4.78, 5) is 11.4. The van der Waals surface area contributed by atoms with E-state index >= 15 is 0 Å². The summed E-state index contributed by atoms with van der Waals surface area (Å²) in [5.74, 6) is -0.333. The van der Waals surface area contributed by atoms with E-state index in [1.54, 1.807) is 0 Å². The minimum Gasteiger partial charge on any atom is -0.376 e. The number of aryl methyl sites for hydroxylation is 1. The van der Waals surface area contributed by atoms with Crippen molar-refractivity contribution in [3.05, 3.63) is 29.1 Å². The third kappa shape index (κ3) is 2.94. The first kappa shape index (κ1) is 14.5. The largest absolute Gasteiger partial charge is 0.376 e. The predicted octanol–water partition coefficient (Wildman–Crippen LogP) is 2.54. The van der Waals surface area contributed by atoms with Crippen molar-refractivity contribution in [3.8, 4) is 0 Å². The van der Waals surface area contributed by atoms with Crippen LogP contribution in [-0.2, 0) is 16.0 Å². The van der Waals surface area contributed by atoms with E-state index in [-0.39, 0.29) is 23.9 Å². The number of carbonyl (C=O) groups excluding carboxylic acids is 1. The fraction of sp³-hybridized carbons (Fsp3) is 0.562. The van der Waals surface area contributed by atoms with E-state index in [2.05, 4.69) is 10.6 Å². The van der Waals surface area contributed by atoms with E-state index < -0.39 is 0 Å². The van der Waals surface area contributed by atoms with Crippen LogP contribution in [0.5, 0.6) is 0 Å². The second-order valence-electron chi connectivity index (χ2n) is 5.75. The van der Waals surface area contributed by atoms with Crippen molar-refractivity contribution >= 4 is 11.6 Å². The van der Waals surface area contributed by atoms with Crippen molar-refractivity contribution < 1.29 is 13.9 Å². The summed E-state index contributed by atoms with van der Waals surface area (Å²) in [5.41, 5.74) is 2.24. The van der Waals surface area contributed by atoms with Crippen LogP contribution in [0.1, 0.15) is 42.9 Å². The lowest BCUT2D eigenvalue weighted by Gasteiger charge is -2.31. The van der Waals surface area contributed by atoms with Crippen LogP contribution in [0.15, 0.2) is 12.1 Å². The van der Waals surface area contributed by atoms with E-state index in [0.29, 0.717) is 24.1 Å². The molecule has 0 bridgehead atoms. The molecule has 1 saturated heterocycles. The van der Waals surface area contributed by atoms with Gasteiger partial charge in [-0.1, -0.05) is 0 Å². The lowest BCUT2D eigenvalue weighted by molar-refractivity contribution is -0.116. The van der Waals surface area contributed by atoms with Gasteiger partial charge in [0.25, 0.3) is 0 Å². The van der Waals surface area contributed by atoms with Crippen LogP contribution in [0.2, 0.25) is 0 Å². The van der Waals surface area contributed by atoms with Crippen LogP contribution in [0.3, 0.4) is 0 Å². The normalized spacial score (nSPS) is 23.3. The summed E-state index contributed by atoms with van der Waals surface area (Å²) in [6.07, 6.45) is 4.27. The molecule has 1 aromatic rings. The molecule has 5 heteroatoms. The molecule has 0 spiro atoms. The SMILES string of the molecule is CNC(c1cc2c(cc1F)NC(=O)CC2)C1CCCCO1. The third-order valence-corrected chi connectivity index (χ3v) is 4.35. The Morgan fingerprint density at radius 3 is 2.95 bits per heavy atom. The number of ether oxygens (including phenoxy) is 1. The Balaban J connectivity index is 1.91. The molecule has 21 heavy (non-hydrogen) atoms. The molecule has 2 heterocycles. The second-order valence-corrected chi connectivity index (χ2v) is 5.75. The molecule has 1 aromatic carbocycles. The van der Waals surface area contributed by atoms with Gasteiger partial charge in [0, 0.05) is 24.3 Å². The van der Waals surface area contributed by atoms with Gasteiger partial charge < -0.3 is 15.4 Å². The minimum atomic E-state index is -0.288. The van der Waals surface area contributed by atoms with Gasteiger partial charge in [0.05, 0.1) is 12.1 Å². The van der Waals surface area contributed by atoms with E-state index in [4.69, 9.17) is 4.74 Å². The van der Waals surface area contributed by atoms with E-state index in [0.717, 1.165) is 31.4 Å². The first-order valence-corrected chi connectivity index (χ1v) is 7.60. The summed E-state index contributed by atoms with van der Waals surface area (Å²) in [6.45, 7) is 0.742. The monoisotopic (exact) mass is 292 g/mol. The summed E-state index contributed by atoms with van der Waals surface area (Å²) < 4.78 is 20.3. The highest BCUT2D eigenvalue weighted by atomic mass is 19.1. The number of benzene rings is 1. The zero-order valence-corrected chi connectivity index (χ0v) is 12.2. The molecule has 0 aromatic heterocycles. The topological polar surface area (TPSA) is 50.4 Å². The summed E-state index contributed by atoms with van der Waals surface area (Å²) in [7, 11) is 1.84. The number of hydrogen-bond acceptors (Lipinski definition) is 3. The summed E-state index contributed by atoms with van der Waals surface area (Å²) in [5, 5.41) is 5.93. The Hall–Kier alpha value is -1.46. The van der Waals surface area contributed by atoms with Crippen molar-refractivity contribution in [1.29, 1.82) is 0 Å². The van der Waals surface area contributed by atoms with Crippen molar-refractivity contribution in [1.82, 2.24) is 5.32 Å². The predicted molar refractivity (Wildman–Crippen MR) is 78.7 cm³/mol. The zero-order chi connectivity index (χ0) is 14.8.